The monoisotopic (exact) mass is 146 g/mol. The lowest BCUT2D eigenvalue weighted by atomic mass is 10.3. The Morgan fingerprint density at radius 1 is 1.55 bits per heavy atom. The van der Waals surface area contributed by atoms with Gasteiger partial charge >= 0.3 is 0 Å². The van der Waals surface area contributed by atoms with Crippen molar-refractivity contribution < 1.29 is 0 Å². The van der Waals surface area contributed by atoms with Crippen molar-refractivity contribution in [3.63, 3.8) is 0 Å². The number of hydrogen-bond donors (Lipinski definition) is 0. The second kappa shape index (κ2) is 2.82. The molecule has 0 amide bonds. The molecule has 2 nitrogen and oxygen atoms in total. The van der Waals surface area contributed by atoms with Crippen molar-refractivity contribution in [3.8, 4) is 0 Å². The molecule has 0 saturated heterocycles. The van der Waals surface area contributed by atoms with Gasteiger partial charge in [-0.3, -0.25) is 9.98 Å². The van der Waals surface area contributed by atoms with E-state index < -0.39 is 0 Å². The van der Waals surface area contributed by atoms with Gasteiger partial charge in [0.15, 0.2) is 0 Å². The lowest BCUT2D eigenvalue weighted by molar-refractivity contribution is 1.08. The van der Waals surface area contributed by atoms with Crippen molar-refractivity contribution in [1.29, 1.82) is 0 Å². The van der Waals surface area contributed by atoms with Crippen LogP contribution in [0.1, 0.15) is 18.4 Å². The second-order valence-corrected chi connectivity index (χ2v) is 2.80. The lowest BCUT2D eigenvalue weighted by Crippen LogP contribution is -1.83. The van der Waals surface area contributed by atoms with Gasteiger partial charge in [0.05, 0.1) is 6.04 Å². The molecule has 0 aliphatic heterocycles. The predicted octanol–water partition coefficient (Wildman–Crippen LogP) is 1.66. The normalized spacial score (nSPS) is 17.5. The van der Waals surface area contributed by atoms with E-state index in [9.17, 15) is 0 Å². The number of aliphatic imine (C=N–C) groups is 1. The summed E-state index contributed by atoms with van der Waals surface area (Å²) in [5.74, 6) is 0. The summed E-state index contributed by atoms with van der Waals surface area (Å²) in [6.07, 6.45) is 8.03. The number of rotatable bonds is 2. The Morgan fingerprint density at radius 2 is 2.45 bits per heavy atom. The molecule has 56 valence electrons. The number of aromatic nitrogens is 1. The SMILES string of the molecule is C(=NC1CC1)c1cccnc1. The Kier molecular flexibility index (Phi) is 1.68. The highest BCUT2D eigenvalue weighted by Crippen LogP contribution is 2.22. The zero-order valence-electron chi connectivity index (χ0n) is 6.27. The molecule has 0 radical (unpaired) electrons. The maximum absolute atomic E-state index is 4.34. The summed E-state index contributed by atoms with van der Waals surface area (Å²) in [5, 5.41) is 0. The lowest BCUT2D eigenvalue weighted by Gasteiger charge is -1.88. The molecule has 1 aliphatic rings. The Bertz CT molecular complexity index is 250. The largest absolute Gasteiger partial charge is 0.289 e. The maximum Gasteiger partial charge on any atom is 0.0501 e. The van der Waals surface area contributed by atoms with E-state index in [1.54, 1.807) is 6.20 Å². The van der Waals surface area contributed by atoms with Gasteiger partial charge in [-0.05, 0) is 18.9 Å². The second-order valence-electron chi connectivity index (χ2n) is 2.80. The highest BCUT2D eigenvalue weighted by Gasteiger charge is 2.18. The molecule has 1 heterocycles. The molecule has 0 N–H and O–H groups in total. The van der Waals surface area contributed by atoms with E-state index in [1.165, 1.54) is 12.8 Å². The molecule has 0 aromatic carbocycles. The van der Waals surface area contributed by atoms with E-state index >= 15 is 0 Å². The molecule has 2 heteroatoms. The van der Waals surface area contributed by atoms with E-state index in [-0.39, 0.29) is 0 Å². The Balaban J connectivity index is 2.05. The summed E-state index contributed by atoms with van der Waals surface area (Å²) in [4.78, 5) is 8.33. The summed E-state index contributed by atoms with van der Waals surface area (Å²) in [6, 6.07) is 4.54. The van der Waals surface area contributed by atoms with Crippen LogP contribution in [0.5, 0.6) is 0 Å². The van der Waals surface area contributed by atoms with Crippen LogP contribution < -0.4 is 0 Å². The smallest absolute Gasteiger partial charge is 0.0501 e. The maximum atomic E-state index is 4.34. The highest BCUT2D eigenvalue weighted by molar-refractivity contribution is 5.79. The molecule has 0 spiro atoms. The van der Waals surface area contributed by atoms with Gasteiger partial charge in [0.2, 0.25) is 0 Å². The topological polar surface area (TPSA) is 25.2 Å². The fraction of sp³-hybridized carbons (Fsp3) is 0.333. The van der Waals surface area contributed by atoms with Gasteiger partial charge < -0.3 is 0 Å². The quantitative estimate of drug-likeness (QED) is 0.582. The number of pyridine rings is 1. The Morgan fingerprint density at radius 3 is 3.09 bits per heavy atom. The molecule has 0 unspecified atom stereocenters. The number of nitrogens with zero attached hydrogens (tertiary/aromatic N) is 2. The van der Waals surface area contributed by atoms with Gasteiger partial charge in [-0.2, -0.15) is 0 Å². The molecule has 0 atom stereocenters. The fourth-order valence-corrected chi connectivity index (χ4v) is 0.867. The van der Waals surface area contributed by atoms with Crippen LogP contribution in [-0.4, -0.2) is 17.2 Å². The van der Waals surface area contributed by atoms with Crippen molar-refractivity contribution in [2.45, 2.75) is 18.9 Å². The molecular formula is C9H10N2. The first-order valence-corrected chi connectivity index (χ1v) is 3.88. The summed E-state index contributed by atoms with van der Waals surface area (Å²) >= 11 is 0. The van der Waals surface area contributed by atoms with Crippen LogP contribution in [0.15, 0.2) is 29.5 Å². The third-order valence-corrected chi connectivity index (χ3v) is 1.67. The van der Waals surface area contributed by atoms with Gasteiger partial charge in [-0.15, -0.1) is 0 Å². The van der Waals surface area contributed by atoms with Crippen LogP contribution in [0, 0.1) is 0 Å². The molecule has 1 aromatic rings. The van der Waals surface area contributed by atoms with Gasteiger partial charge in [0.25, 0.3) is 0 Å². The van der Waals surface area contributed by atoms with Crippen LogP contribution in [0.4, 0.5) is 0 Å². The van der Waals surface area contributed by atoms with Crippen LogP contribution >= 0.6 is 0 Å². The van der Waals surface area contributed by atoms with Crippen LogP contribution in [0.25, 0.3) is 0 Å². The summed E-state index contributed by atoms with van der Waals surface area (Å²) in [6.45, 7) is 0. The summed E-state index contributed by atoms with van der Waals surface area (Å²) in [7, 11) is 0. The summed E-state index contributed by atoms with van der Waals surface area (Å²) < 4.78 is 0. The first-order chi connectivity index (χ1) is 5.45. The van der Waals surface area contributed by atoms with Crippen LogP contribution in [0.2, 0.25) is 0 Å². The van der Waals surface area contributed by atoms with Crippen LogP contribution in [0.3, 0.4) is 0 Å². The molecule has 1 fully saturated rings. The minimum absolute atomic E-state index is 0.607. The third-order valence-electron chi connectivity index (χ3n) is 1.67. The van der Waals surface area contributed by atoms with Crippen molar-refractivity contribution in [1.82, 2.24) is 4.98 Å². The van der Waals surface area contributed by atoms with Crippen LogP contribution in [-0.2, 0) is 0 Å². The Labute approximate surface area is 66.0 Å². The van der Waals surface area contributed by atoms with Crippen molar-refractivity contribution in [2.75, 3.05) is 0 Å². The highest BCUT2D eigenvalue weighted by atomic mass is 14.8. The molecule has 1 saturated carbocycles. The standard InChI is InChI=1S/C9H10N2/c1-2-8(6-10-5-1)7-11-9-3-4-9/h1-2,5-7,9H,3-4H2. The van der Waals surface area contributed by atoms with E-state index in [0.717, 1.165) is 5.56 Å². The molecule has 1 aliphatic carbocycles. The molecule has 11 heavy (non-hydrogen) atoms. The molecule has 2 rings (SSSR count). The van der Waals surface area contributed by atoms with Crippen molar-refractivity contribution in [3.05, 3.63) is 30.1 Å². The fourth-order valence-electron chi connectivity index (χ4n) is 0.867. The van der Waals surface area contributed by atoms with Gasteiger partial charge in [0.1, 0.15) is 0 Å². The van der Waals surface area contributed by atoms with E-state index in [1.807, 2.05) is 24.5 Å². The van der Waals surface area contributed by atoms with E-state index in [0.29, 0.717) is 6.04 Å². The molecule has 0 bridgehead atoms. The van der Waals surface area contributed by atoms with Gasteiger partial charge in [-0.1, -0.05) is 6.07 Å². The molecular weight excluding hydrogens is 136 g/mol. The first kappa shape index (κ1) is 6.53. The van der Waals surface area contributed by atoms with Gasteiger partial charge in [-0.25, -0.2) is 0 Å². The van der Waals surface area contributed by atoms with E-state index in [4.69, 9.17) is 0 Å². The third kappa shape index (κ3) is 1.87. The minimum atomic E-state index is 0.607. The average molecular weight is 146 g/mol. The number of hydrogen-bond acceptors (Lipinski definition) is 2. The van der Waals surface area contributed by atoms with Crippen molar-refractivity contribution >= 4 is 6.21 Å². The average Bonchev–Trinajstić information content (AvgIpc) is 2.86. The van der Waals surface area contributed by atoms with Gasteiger partial charge in [0, 0.05) is 24.2 Å². The first-order valence-electron chi connectivity index (χ1n) is 3.88. The zero-order valence-corrected chi connectivity index (χ0v) is 6.27. The Hall–Kier alpha value is -1.18. The predicted molar refractivity (Wildman–Crippen MR) is 44.9 cm³/mol. The van der Waals surface area contributed by atoms with E-state index in [2.05, 4.69) is 9.98 Å². The zero-order chi connectivity index (χ0) is 7.52. The minimum Gasteiger partial charge on any atom is -0.289 e. The van der Waals surface area contributed by atoms with Crippen molar-refractivity contribution in [2.24, 2.45) is 4.99 Å². The summed E-state index contributed by atoms with van der Waals surface area (Å²) in [5.41, 5.74) is 1.10. The molecule has 1 aromatic heterocycles.